The number of amides is 1. The van der Waals surface area contributed by atoms with E-state index in [0.29, 0.717) is 22.1 Å². The largest absolute Gasteiger partial charge is 0.466 e. The molecule has 0 unspecified atom stereocenters. The van der Waals surface area contributed by atoms with Gasteiger partial charge in [-0.15, -0.1) is 0 Å². The highest BCUT2D eigenvalue weighted by molar-refractivity contribution is 6.05. The first-order chi connectivity index (χ1) is 14.5. The van der Waals surface area contributed by atoms with Crippen molar-refractivity contribution in [2.75, 3.05) is 13.1 Å². The van der Waals surface area contributed by atoms with E-state index < -0.39 is 18.4 Å². The predicted molar refractivity (Wildman–Crippen MR) is 108 cm³/mol. The molecular weight excluding hydrogens is 390 g/mol. The lowest BCUT2D eigenvalue weighted by molar-refractivity contribution is -0.131. The van der Waals surface area contributed by atoms with E-state index in [2.05, 4.69) is 15.0 Å². The van der Waals surface area contributed by atoms with Crippen molar-refractivity contribution in [1.29, 1.82) is 0 Å². The Bertz CT molecular complexity index is 1240. The summed E-state index contributed by atoms with van der Waals surface area (Å²) in [7, 11) is 0. The first-order valence-electron chi connectivity index (χ1n) is 9.63. The van der Waals surface area contributed by atoms with Gasteiger partial charge in [0.1, 0.15) is 5.65 Å². The predicted octanol–water partition coefficient (Wildman–Crippen LogP) is 4.04. The molecule has 0 saturated carbocycles. The Balaban J connectivity index is 1.40. The number of fused-ring (bicyclic) bond motifs is 2. The molecule has 5 rings (SSSR count). The highest BCUT2D eigenvalue weighted by atomic mass is 19.3. The minimum absolute atomic E-state index is 0.0505. The Kier molecular flexibility index (Phi) is 4.34. The maximum absolute atomic E-state index is 14.6. The van der Waals surface area contributed by atoms with Crippen LogP contribution >= 0.6 is 0 Å². The van der Waals surface area contributed by atoms with Crippen LogP contribution in [0.1, 0.15) is 16.8 Å². The number of hydrogen-bond acceptors (Lipinski definition) is 4. The van der Waals surface area contributed by atoms with Gasteiger partial charge in [-0.3, -0.25) is 4.79 Å². The van der Waals surface area contributed by atoms with Crippen LogP contribution in [0.25, 0.3) is 21.9 Å². The fourth-order valence-electron chi connectivity index (χ4n) is 3.75. The summed E-state index contributed by atoms with van der Waals surface area (Å²) in [5, 5.41) is 1.55. The second-order valence-electron chi connectivity index (χ2n) is 7.31. The minimum Gasteiger partial charge on any atom is -0.466 e. The average Bonchev–Trinajstić information content (AvgIpc) is 3.23. The summed E-state index contributed by atoms with van der Waals surface area (Å²) in [5.74, 6) is -3.27. The number of nitrogens with one attached hydrogen (secondary N) is 1. The zero-order valence-corrected chi connectivity index (χ0v) is 15.9. The zero-order chi connectivity index (χ0) is 20.7. The number of H-pyrrole nitrogens is 1. The fourth-order valence-corrected chi connectivity index (χ4v) is 3.75. The van der Waals surface area contributed by atoms with Crippen LogP contribution in [0.5, 0.6) is 5.88 Å². The number of pyridine rings is 2. The first kappa shape index (κ1) is 18.5. The summed E-state index contributed by atoms with van der Waals surface area (Å²) in [6.07, 6.45) is 1.26. The standard InChI is InChI=1S/C22H18F2N4O2/c23-22(24)9-12-28(21(29)16-8-11-26-20-15(16)7-10-25-20)13-18(22)30-19-6-5-14-3-1-2-4-17(14)27-19/h1-8,10-11,18H,9,12-13H2,(H,25,26)/t18-/m0/s1. The van der Waals surface area contributed by atoms with Gasteiger partial charge >= 0.3 is 0 Å². The van der Waals surface area contributed by atoms with Crippen molar-refractivity contribution < 1.29 is 18.3 Å². The number of hydrogen-bond donors (Lipinski definition) is 1. The number of aromatic amines is 1. The van der Waals surface area contributed by atoms with Crippen molar-refractivity contribution in [2.24, 2.45) is 0 Å². The normalized spacial score (nSPS) is 18.6. The van der Waals surface area contributed by atoms with Crippen molar-refractivity contribution in [2.45, 2.75) is 18.4 Å². The lowest BCUT2D eigenvalue weighted by Crippen LogP contribution is -2.55. The monoisotopic (exact) mass is 408 g/mol. The molecule has 1 atom stereocenters. The molecule has 1 saturated heterocycles. The lowest BCUT2D eigenvalue weighted by Gasteiger charge is -2.38. The third kappa shape index (κ3) is 3.24. The van der Waals surface area contributed by atoms with Crippen LogP contribution < -0.4 is 4.74 Å². The first-order valence-corrected chi connectivity index (χ1v) is 9.63. The van der Waals surface area contributed by atoms with Crippen molar-refractivity contribution >= 4 is 27.8 Å². The van der Waals surface area contributed by atoms with Crippen LogP contribution in [0.15, 0.2) is 60.9 Å². The SMILES string of the molecule is O=C(c1ccnc2[nH]ccc12)N1CCC(F)(F)[C@@H](Oc2ccc3ccccc3n2)C1. The van der Waals surface area contributed by atoms with Crippen molar-refractivity contribution in [3.05, 3.63) is 66.5 Å². The molecule has 0 aliphatic carbocycles. The van der Waals surface area contributed by atoms with E-state index in [1.807, 2.05) is 18.2 Å². The molecule has 3 aromatic heterocycles. The molecule has 4 heterocycles. The second kappa shape index (κ2) is 7.05. The van der Waals surface area contributed by atoms with Gasteiger partial charge in [0.25, 0.3) is 11.8 Å². The number of para-hydroxylation sites is 1. The molecule has 1 aliphatic rings. The van der Waals surface area contributed by atoms with Crippen LogP contribution in [-0.2, 0) is 0 Å². The molecule has 1 N–H and O–H groups in total. The molecule has 1 fully saturated rings. The Morgan fingerprint density at radius 1 is 1.17 bits per heavy atom. The topological polar surface area (TPSA) is 71.1 Å². The highest BCUT2D eigenvalue weighted by Crippen LogP contribution is 2.33. The molecule has 0 radical (unpaired) electrons. The quantitative estimate of drug-likeness (QED) is 0.555. The molecule has 1 aliphatic heterocycles. The van der Waals surface area contributed by atoms with Gasteiger partial charge in [-0.25, -0.2) is 18.7 Å². The van der Waals surface area contributed by atoms with Gasteiger partial charge < -0.3 is 14.6 Å². The van der Waals surface area contributed by atoms with E-state index in [0.717, 1.165) is 5.39 Å². The van der Waals surface area contributed by atoms with Gasteiger partial charge in [-0.05, 0) is 24.3 Å². The third-order valence-corrected chi connectivity index (χ3v) is 5.39. The number of ether oxygens (including phenoxy) is 1. The molecule has 6 nitrogen and oxygen atoms in total. The molecule has 30 heavy (non-hydrogen) atoms. The van der Waals surface area contributed by atoms with E-state index in [-0.39, 0.29) is 24.9 Å². The molecule has 4 aromatic rings. The Morgan fingerprint density at radius 2 is 2.03 bits per heavy atom. The molecule has 152 valence electrons. The molecular formula is C22H18F2N4O2. The number of piperidine rings is 1. The van der Waals surface area contributed by atoms with Gasteiger partial charge in [0.05, 0.1) is 17.6 Å². The second-order valence-corrected chi connectivity index (χ2v) is 7.31. The number of carbonyl (C=O) groups excluding carboxylic acids is 1. The van der Waals surface area contributed by atoms with Gasteiger partial charge in [0, 0.05) is 42.2 Å². The van der Waals surface area contributed by atoms with Crippen molar-refractivity contribution in [3.8, 4) is 5.88 Å². The van der Waals surface area contributed by atoms with E-state index in [1.54, 1.807) is 36.5 Å². The van der Waals surface area contributed by atoms with E-state index in [4.69, 9.17) is 4.74 Å². The number of rotatable bonds is 3. The summed E-state index contributed by atoms with van der Waals surface area (Å²) in [6, 6.07) is 14.1. The summed E-state index contributed by atoms with van der Waals surface area (Å²) >= 11 is 0. The summed E-state index contributed by atoms with van der Waals surface area (Å²) in [4.78, 5) is 25.9. The van der Waals surface area contributed by atoms with Crippen LogP contribution in [-0.4, -0.2) is 50.9 Å². The van der Waals surface area contributed by atoms with Crippen LogP contribution in [0, 0.1) is 0 Å². The minimum atomic E-state index is -3.06. The van der Waals surface area contributed by atoms with E-state index >= 15 is 0 Å². The van der Waals surface area contributed by atoms with Crippen LogP contribution in [0.3, 0.4) is 0 Å². The number of halogens is 2. The van der Waals surface area contributed by atoms with Gasteiger partial charge in [0.2, 0.25) is 5.88 Å². The van der Waals surface area contributed by atoms with Crippen LogP contribution in [0.4, 0.5) is 8.78 Å². The Labute approximate surface area is 170 Å². The van der Waals surface area contributed by atoms with Gasteiger partial charge in [-0.1, -0.05) is 18.2 Å². The lowest BCUT2D eigenvalue weighted by atomic mass is 10.0. The van der Waals surface area contributed by atoms with Crippen LogP contribution in [0.2, 0.25) is 0 Å². The smallest absolute Gasteiger partial charge is 0.287 e. The number of nitrogens with zero attached hydrogens (tertiary/aromatic N) is 3. The molecule has 8 heteroatoms. The Hall–Kier alpha value is -3.55. The molecule has 0 spiro atoms. The Morgan fingerprint density at radius 3 is 2.93 bits per heavy atom. The number of benzene rings is 1. The fraction of sp³-hybridized carbons (Fsp3) is 0.227. The molecule has 1 amide bonds. The number of alkyl halides is 2. The number of likely N-dealkylation sites (tertiary alicyclic amines) is 1. The summed E-state index contributed by atoms with van der Waals surface area (Å²) in [6.45, 7) is -0.278. The van der Waals surface area contributed by atoms with E-state index in [1.165, 1.54) is 11.1 Å². The highest BCUT2D eigenvalue weighted by Gasteiger charge is 2.47. The third-order valence-electron chi connectivity index (χ3n) is 5.39. The number of carbonyl (C=O) groups is 1. The van der Waals surface area contributed by atoms with E-state index in [9.17, 15) is 13.6 Å². The molecule has 1 aromatic carbocycles. The molecule has 0 bridgehead atoms. The maximum atomic E-state index is 14.6. The number of aromatic nitrogens is 3. The maximum Gasteiger partial charge on any atom is 0.287 e. The summed E-state index contributed by atoms with van der Waals surface area (Å²) in [5.41, 5.74) is 1.67. The zero-order valence-electron chi connectivity index (χ0n) is 15.9. The van der Waals surface area contributed by atoms with Crippen molar-refractivity contribution in [3.63, 3.8) is 0 Å². The average molecular weight is 408 g/mol. The van der Waals surface area contributed by atoms with Crippen molar-refractivity contribution in [1.82, 2.24) is 19.9 Å². The van der Waals surface area contributed by atoms with Gasteiger partial charge in [-0.2, -0.15) is 0 Å². The van der Waals surface area contributed by atoms with Gasteiger partial charge in [0.15, 0.2) is 6.10 Å². The summed E-state index contributed by atoms with van der Waals surface area (Å²) < 4.78 is 34.8.